The van der Waals surface area contributed by atoms with Gasteiger partial charge in [0, 0.05) is 0 Å². The molecule has 0 spiro atoms. The highest BCUT2D eigenvalue weighted by Crippen LogP contribution is 2.61. The highest BCUT2D eigenvalue weighted by atomic mass is 16.3. The third-order valence-electron chi connectivity index (χ3n) is 5.17. The lowest BCUT2D eigenvalue weighted by atomic mass is 9.45. The molecule has 1 nitrogen and oxygen atoms in total. The number of hydrogen-bond donors (Lipinski definition) is 1. The second kappa shape index (κ2) is 4.52. The normalized spacial score (nSPS) is 38.4. The van der Waals surface area contributed by atoms with Crippen LogP contribution in [0.3, 0.4) is 0 Å². The maximum absolute atomic E-state index is 9.51. The molecule has 0 amide bonds. The molecule has 0 heterocycles. The zero-order chi connectivity index (χ0) is 11.8. The van der Waals surface area contributed by atoms with Gasteiger partial charge in [-0.15, -0.1) is 0 Å². The Kier molecular flexibility index (Phi) is 3.44. The lowest BCUT2D eigenvalue weighted by Crippen LogP contribution is -2.51. The number of allylic oxidation sites excluding steroid dienone is 1. The Morgan fingerprint density at radius 1 is 1.38 bits per heavy atom. The third-order valence-corrected chi connectivity index (χ3v) is 5.17. The van der Waals surface area contributed by atoms with E-state index in [4.69, 9.17) is 0 Å². The fraction of sp³-hybridized carbons (Fsp3) is 0.867. The minimum Gasteiger partial charge on any atom is -0.393 e. The van der Waals surface area contributed by atoms with Crippen LogP contribution >= 0.6 is 0 Å². The van der Waals surface area contributed by atoms with Crippen LogP contribution in [-0.4, -0.2) is 11.2 Å². The summed E-state index contributed by atoms with van der Waals surface area (Å²) in [4.78, 5) is 0. The highest BCUT2D eigenvalue weighted by Gasteiger charge is 2.53. The lowest BCUT2D eigenvalue weighted by molar-refractivity contribution is -0.0904. The van der Waals surface area contributed by atoms with E-state index < -0.39 is 0 Å². The van der Waals surface area contributed by atoms with Crippen molar-refractivity contribution in [3.05, 3.63) is 12.2 Å². The lowest BCUT2D eigenvalue weighted by Gasteiger charge is -2.59. The second-order valence-corrected chi connectivity index (χ2v) is 6.33. The van der Waals surface area contributed by atoms with Crippen LogP contribution in [0.4, 0.5) is 0 Å². The van der Waals surface area contributed by atoms with E-state index in [0.717, 1.165) is 30.6 Å². The number of hydrogen-bond acceptors (Lipinski definition) is 1. The first kappa shape index (κ1) is 12.2. The van der Waals surface area contributed by atoms with E-state index in [0.29, 0.717) is 5.41 Å². The van der Waals surface area contributed by atoms with Crippen molar-refractivity contribution in [3.63, 3.8) is 0 Å². The van der Waals surface area contributed by atoms with Crippen molar-refractivity contribution in [1.82, 2.24) is 0 Å². The number of rotatable bonds is 4. The second-order valence-electron chi connectivity index (χ2n) is 6.33. The third kappa shape index (κ3) is 2.07. The van der Waals surface area contributed by atoms with Gasteiger partial charge in [-0.2, -0.15) is 0 Å². The summed E-state index contributed by atoms with van der Waals surface area (Å²) in [7, 11) is 0. The molecule has 4 unspecified atom stereocenters. The zero-order valence-corrected chi connectivity index (χ0v) is 10.9. The van der Waals surface area contributed by atoms with Crippen LogP contribution in [0.25, 0.3) is 0 Å². The number of aliphatic hydroxyl groups is 1. The molecule has 3 aliphatic rings. The summed E-state index contributed by atoms with van der Waals surface area (Å²) < 4.78 is 0. The standard InChI is InChI=1S/C15H26O/c1-4-13(16)7-5-6-11-8-9-12-10-14(11)15(12,2)3/h5-6,11-14,16H,4,7-10H2,1-3H3. The maximum Gasteiger partial charge on any atom is 0.0572 e. The Balaban J connectivity index is 1.86. The van der Waals surface area contributed by atoms with Crippen LogP contribution < -0.4 is 0 Å². The van der Waals surface area contributed by atoms with Crippen LogP contribution in [0, 0.1) is 23.2 Å². The molecule has 3 fully saturated rings. The summed E-state index contributed by atoms with van der Waals surface area (Å²) in [5.41, 5.74) is 0.580. The molecular weight excluding hydrogens is 196 g/mol. The first-order chi connectivity index (χ1) is 7.55. The molecule has 92 valence electrons. The first-order valence-electron chi connectivity index (χ1n) is 6.90. The summed E-state index contributed by atoms with van der Waals surface area (Å²) in [5, 5.41) is 9.51. The zero-order valence-electron chi connectivity index (χ0n) is 10.9. The molecule has 2 bridgehead atoms. The molecule has 4 atom stereocenters. The molecule has 0 radical (unpaired) electrons. The molecule has 0 aromatic heterocycles. The molecule has 1 N–H and O–H groups in total. The maximum atomic E-state index is 9.51. The van der Waals surface area contributed by atoms with Gasteiger partial charge in [-0.05, 0) is 55.3 Å². The molecule has 3 aliphatic carbocycles. The van der Waals surface area contributed by atoms with Crippen molar-refractivity contribution < 1.29 is 5.11 Å². The fourth-order valence-electron chi connectivity index (χ4n) is 3.67. The largest absolute Gasteiger partial charge is 0.393 e. The van der Waals surface area contributed by atoms with Crippen molar-refractivity contribution in [2.24, 2.45) is 23.2 Å². The molecule has 3 saturated carbocycles. The summed E-state index contributed by atoms with van der Waals surface area (Å²) in [6.07, 6.45) is 10.4. The molecule has 0 aromatic carbocycles. The van der Waals surface area contributed by atoms with E-state index in [1.165, 1.54) is 19.3 Å². The topological polar surface area (TPSA) is 20.2 Å². The summed E-state index contributed by atoms with van der Waals surface area (Å²) in [5.74, 6) is 2.67. The van der Waals surface area contributed by atoms with Gasteiger partial charge >= 0.3 is 0 Å². The minimum atomic E-state index is -0.137. The average molecular weight is 222 g/mol. The molecule has 16 heavy (non-hydrogen) atoms. The summed E-state index contributed by atoms with van der Waals surface area (Å²) >= 11 is 0. The van der Waals surface area contributed by atoms with Gasteiger partial charge in [0.2, 0.25) is 0 Å². The summed E-state index contributed by atoms with van der Waals surface area (Å²) in [6.45, 7) is 6.91. The minimum absolute atomic E-state index is 0.137. The van der Waals surface area contributed by atoms with Crippen molar-refractivity contribution in [3.8, 4) is 0 Å². The smallest absolute Gasteiger partial charge is 0.0572 e. The predicted octanol–water partition coefficient (Wildman–Crippen LogP) is 3.78. The van der Waals surface area contributed by atoms with E-state index in [1.54, 1.807) is 0 Å². The van der Waals surface area contributed by atoms with Gasteiger partial charge in [-0.1, -0.05) is 32.9 Å². The van der Waals surface area contributed by atoms with Gasteiger partial charge in [0.05, 0.1) is 6.10 Å². The molecule has 3 rings (SSSR count). The SMILES string of the molecule is CCC(O)CC=CC1CCC2CC1C2(C)C. The van der Waals surface area contributed by atoms with Gasteiger partial charge in [0.25, 0.3) is 0 Å². The Bertz CT molecular complexity index is 265. The predicted molar refractivity (Wildman–Crippen MR) is 68.2 cm³/mol. The van der Waals surface area contributed by atoms with Crippen molar-refractivity contribution in [2.45, 2.75) is 59.0 Å². The molecule has 0 aliphatic heterocycles. The van der Waals surface area contributed by atoms with Crippen molar-refractivity contribution >= 4 is 0 Å². The average Bonchev–Trinajstić information content (AvgIpc) is 2.28. The van der Waals surface area contributed by atoms with Gasteiger partial charge in [0.15, 0.2) is 0 Å². The van der Waals surface area contributed by atoms with Crippen molar-refractivity contribution in [2.75, 3.05) is 0 Å². The van der Waals surface area contributed by atoms with E-state index in [-0.39, 0.29) is 6.10 Å². The van der Waals surface area contributed by atoms with Gasteiger partial charge in [-0.25, -0.2) is 0 Å². The van der Waals surface area contributed by atoms with Gasteiger partial charge < -0.3 is 5.11 Å². The Morgan fingerprint density at radius 3 is 2.69 bits per heavy atom. The van der Waals surface area contributed by atoms with Crippen molar-refractivity contribution in [1.29, 1.82) is 0 Å². The molecular formula is C15H26O. The Morgan fingerprint density at radius 2 is 2.12 bits per heavy atom. The Hall–Kier alpha value is -0.300. The molecule has 0 aromatic rings. The summed E-state index contributed by atoms with van der Waals surface area (Å²) in [6, 6.07) is 0. The van der Waals surface area contributed by atoms with Crippen LogP contribution in [0.2, 0.25) is 0 Å². The van der Waals surface area contributed by atoms with Gasteiger partial charge in [0.1, 0.15) is 0 Å². The van der Waals surface area contributed by atoms with Crippen LogP contribution in [0.1, 0.15) is 52.9 Å². The highest BCUT2D eigenvalue weighted by molar-refractivity contribution is 5.08. The number of aliphatic hydroxyl groups excluding tert-OH is 1. The van der Waals surface area contributed by atoms with E-state index >= 15 is 0 Å². The van der Waals surface area contributed by atoms with Crippen LogP contribution in [-0.2, 0) is 0 Å². The molecule has 1 heteroatoms. The quantitative estimate of drug-likeness (QED) is 0.718. The van der Waals surface area contributed by atoms with Gasteiger partial charge in [-0.3, -0.25) is 0 Å². The molecule has 0 saturated heterocycles. The van der Waals surface area contributed by atoms with Crippen LogP contribution in [0.5, 0.6) is 0 Å². The van der Waals surface area contributed by atoms with Crippen LogP contribution in [0.15, 0.2) is 12.2 Å². The number of fused-ring (bicyclic) bond motifs is 2. The van der Waals surface area contributed by atoms with E-state index in [2.05, 4.69) is 26.0 Å². The Labute approximate surface area is 99.9 Å². The first-order valence-corrected chi connectivity index (χ1v) is 6.90. The fourth-order valence-corrected chi connectivity index (χ4v) is 3.67. The van der Waals surface area contributed by atoms with E-state index in [1.807, 2.05) is 6.92 Å². The van der Waals surface area contributed by atoms with E-state index in [9.17, 15) is 5.11 Å². The monoisotopic (exact) mass is 222 g/mol.